The number of hydrogen-bond donors (Lipinski definition) is 1. The molecule has 0 bridgehead atoms. The van der Waals surface area contributed by atoms with E-state index in [0.717, 1.165) is 0 Å². The Morgan fingerprint density at radius 1 is 1.47 bits per heavy atom. The van der Waals surface area contributed by atoms with Crippen LogP contribution in [0, 0.1) is 17.2 Å². The van der Waals surface area contributed by atoms with Crippen LogP contribution in [-0.4, -0.2) is 22.7 Å². The number of aliphatic carboxylic acids is 1. The van der Waals surface area contributed by atoms with Gasteiger partial charge in [0.2, 0.25) is 0 Å². The van der Waals surface area contributed by atoms with Gasteiger partial charge in [0, 0.05) is 5.71 Å². The fourth-order valence-electron chi connectivity index (χ4n) is 1.87. The van der Waals surface area contributed by atoms with Crippen molar-refractivity contribution in [3.63, 3.8) is 0 Å². The predicted octanol–water partition coefficient (Wildman–Crippen LogP) is 1.37. The molecule has 1 aromatic carbocycles. The van der Waals surface area contributed by atoms with Crippen molar-refractivity contribution in [3.8, 4) is 6.07 Å². The van der Waals surface area contributed by atoms with Crippen molar-refractivity contribution in [2.45, 2.75) is 13.3 Å². The van der Waals surface area contributed by atoms with Crippen molar-refractivity contribution < 1.29 is 14.7 Å². The van der Waals surface area contributed by atoms with Crippen LogP contribution in [0.15, 0.2) is 29.4 Å². The third-order valence-electron chi connectivity index (χ3n) is 2.89. The number of hydrazone groups is 1. The molecule has 1 aliphatic rings. The molecular formula is C13H11N3O3. The average Bonchev–Trinajstić information content (AvgIpc) is 2.66. The van der Waals surface area contributed by atoms with Gasteiger partial charge < -0.3 is 5.11 Å². The Labute approximate surface area is 109 Å². The van der Waals surface area contributed by atoms with Crippen LogP contribution < -0.4 is 5.01 Å². The quantitative estimate of drug-likeness (QED) is 0.884. The SMILES string of the molecule is CC1=NN(c2ccc(C#N)cc2)C(=O)C1CC(=O)O. The van der Waals surface area contributed by atoms with Gasteiger partial charge in [0.05, 0.1) is 29.7 Å². The van der Waals surface area contributed by atoms with Gasteiger partial charge in [-0.2, -0.15) is 10.4 Å². The number of carbonyl (C=O) groups is 2. The summed E-state index contributed by atoms with van der Waals surface area (Å²) < 4.78 is 0. The molecule has 1 aromatic rings. The molecule has 96 valence electrons. The zero-order valence-electron chi connectivity index (χ0n) is 10.2. The van der Waals surface area contributed by atoms with E-state index in [1.165, 1.54) is 5.01 Å². The predicted molar refractivity (Wildman–Crippen MR) is 67.5 cm³/mol. The van der Waals surface area contributed by atoms with E-state index in [4.69, 9.17) is 10.4 Å². The van der Waals surface area contributed by atoms with Crippen LogP contribution in [0.3, 0.4) is 0 Å². The molecule has 1 amide bonds. The number of hydrogen-bond acceptors (Lipinski definition) is 4. The second-order valence-electron chi connectivity index (χ2n) is 4.20. The van der Waals surface area contributed by atoms with E-state index in [9.17, 15) is 9.59 Å². The van der Waals surface area contributed by atoms with Crippen molar-refractivity contribution in [2.24, 2.45) is 11.0 Å². The normalized spacial score (nSPS) is 18.1. The van der Waals surface area contributed by atoms with Gasteiger partial charge in [-0.1, -0.05) is 0 Å². The highest BCUT2D eigenvalue weighted by Crippen LogP contribution is 2.25. The Morgan fingerprint density at radius 3 is 2.63 bits per heavy atom. The summed E-state index contributed by atoms with van der Waals surface area (Å²) in [7, 11) is 0. The number of carboxylic acids is 1. The summed E-state index contributed by atoms with van der Waals surface area (Å²) in [5.74, 6) is -2.10. The van der Waals surface area contributed by atoms with Crippen LogP contribution in [0.5, 0.6) is 0 Å². The molecule has 0 aliphatic carbocycles. The molecular weight excluding hydrogens is 246 g/mol. The van der Waals surface area contributed by atoms with Crippen LogP contribution in [0.25, 0.3) is 0 Å². The molecule has 19 heavy (non-hydrogen) atoms. The molecule has 1 unspecified atom stereocenters. The summed E-state index contributed by atoms with van der Waals surface area (Å²) in [6, 6.07) is 8.36. The van der Waals surface area contributed by atoms with Gasteiger partial charge in [0.15, 0.2) is 0 Å². The summed E-state index contributed by atoms with van der Waals surface area (Å²) in [5, 5.41) is 22.7. The summed E-state index contributed by atoms with van der Waals surface area (Å²) in [5.41, 5.74) is 1.49. The Morgan fingerprint density at radius 2 is 2.11 bits per heavy atom. The lowest BCUT2D eigenvalue weighted by Crippen LogP contribution is -2.28. The van der Waals surface area contributed by atoms with E-state index in [-0.39, 0.29) is 12.3 Å². The molecule has 1 aliphatic heterocycles. The van der Waals surface area contributed by atoms with E-state index in [0.29, 0.717) is 17.0 Å². The van der Waals surface area contributed by atoms with E-state index in [2.05, 4.69) is 5.10 Å². The zero-order chi connectivity index (χ0) is 14.0. The maximum Gasteiger partial charge on any atom is 0.304 e. The van der Waals surface area contributed by atoms with Crippen molar-refractivity contribution in [1.29, 1.82) is 5.26 Å². The van der Waals surface area contributed by atoms with Gasteiger partial charge in [-0.3, -0.25) is 9.59 Å². The maximum atomic E-state index is 12.1. The fraction of sp³-hybridized carbons (Fsp3) is 0.231. The van der Waals surface area contributed by atoms with Crippen molar-refractivity contribution in [1.82, 2.24) is 0 Å². The first kappa shape index (κ1) is 12.8. The summed E-state index contributed by atoms with van der Waals surface area (Å²) >= 11 is 0. The first-order chi connectivity index (χ1) is 9.02. The summed E-state index contributed by atoms with van der Waals surface area (Å²) in [6.07, 6.45) is -0.263. The minimum atomic E-state index is -1.03. The number of amides is 1. The highest BCUT2D eigenvalue weighted by Gasteiger charge is 2.35. The first-order valence-corrected chi connectivity index (χ1v) is 5.64. The van der Waals surface area contributed by atoms with Crippen molar-refractivity contribution in [3.05, 3.63) is 29.8 Å². The average molecular weight is 257 g/mol. The highest BCUT2D eigenvalue weighted by molar-refractivity contribution is 6.16. The molecule has 0 saturated heterocycles. The summed E-state index contributed by atoms with van der Waals surface area (Å²) in [6.45, 7) is 1.63. The van der Waals surface area contributed by atoms with Crippen LogP contribution in [0.4, 0.5) is 5.69 Å². The van der Waals surface area contributed by atoms with Crippen molar-refractivity contribution >= 4 is 23.3 Å². The van der Waals surface area contributed by atoms with Gasteiger partial charge >= 0.3 is 5.97 Å². The Balaban J connectivity index is 2.25. The molecule has 0 aromatic heterocycles. The zero-order valence-corrected chi connectivity index (χ0v) is 10.2. The van der Waals surface area contributed by atoms with E-state index in [1.54, 1.807) is 31.2 Å². The van der Waals surface area contributed by atoms with Crippen molar-refractivity contribution in [2.75, 3.05) is 5.01 Å². The van der Waals surface area contributed by atoms with Crippen LogP contribution in [0.1, 0.15) is 18.9 Å². The maximum absolute atomic E-state index is 12.1. The molecule has 1 heterocycles. The number of rotatable bonds is 3. The topological polar surface area (TPSA) is 93.8 Å². The molecule has 0 spiro atoms. The second kappa shape index (κ2) is 4.90. The van der Waals surface area contributed by atoms with Crippen LogP contribution in [0.2, 0.25) is 0 Å². The molecule has 6 heteroatoms. The van der Waals surface area contributed by atoms with Gasteiger partial charge in [-0.15, -0.1) is 0 Å². The lowest BCUT2D eigenvalue weighted by molar-refractivity contribution is -0.139. The standard InChI is InChI=1S/C13H11N3O3/c1-8-11(6-12(17)18)13(19)16(15-8)10-4-2-9(7-14)3-5-10/h2-5,11H,6H2,1H3,(H,17,18). The molecule has 0 fully saturated rings. The molecule has 0 radical (unpaired) electrons. The summed E-state index contributed by atoms with van der Waals surface area (Å²) in [4.78, 5) is 22.8. The molecule has 0 saturated carbocycles. The first-order valence-electron chi connectivity index (χ1n) is 5.64. The highest BCUT2D eigenvalue weighted by atomic mass is 16.4. The third-order valence-corrected chi connectivity index (χ3v) is 2.89. The van der Waals surface area contributed by atoms with Crippen LogP contribution in [-0.2, 0) is 9.59 Å². The fourth-order valence-corrected chi connectivity index (χ4v) is 1.87. The molecule has 1 atom stereocenters. The lowest BCUT2D eigenvalue weighted by Gasteiger charge is -2.13. The Hall–Kier alpha value is -2.68. The Bertz CT molecular complexity index is 599. The smallest absolute Gasteiger partial charge is 0.304 e. The third kappa shape index (κ3) is 2.45. The van der Waals surface area contributed by atoms with Gasteiger partial charge in [-0.05, 0) is 31.2 Å². The largest absolute Gasteiger partial charge is 0.481 e. The minimum Gasteiger partial charge on any atom is -0.481 e. The van der Waals surface area contributed by atoms with E-state index in [1.807, 2.05) is 6.07 Å². The number of anilines is 1. The number of benzene rings is 1. The number of carbonyl (C=O) groups excluding carboxylic acids is 1. The number of nitrogens with zero attached hydrogens (tertiary/aromatic N) is 3. The minimum absolute atomic E-state index is 0.263. The van der Waals surface area contributed by atoms with Crippen LogP contribution >= 0.6 is 0 Å². The van der Waals surface area contributed by atoms with Gasteiger partial charge in [-0.25, -0.2) is 5.01 Å². The number of nitriles is 1. The molecule has 1 N–H and O–H groups in total. The van der Waals surface area contributed by atoms with E-state index < -0.39 is 11.9 Å². The monoisotopic (exact) mass is 257 g/mol. The second-order valence-corrected chi connectivity index (χ2v) is 4.20. The van der Waals surface area contributed by atoms with Gasteiger partial charge in [0.1, 0.15) is 0 Å². The lowest BCUT2D eigenvalue weighted by atomic mass is 10.0. The molecule has 2 rings (SSSR count). The molecule has 6 nitrogen and oxygen atoms in total. The Kier molecular flexibility index (Phi) is 3.29. The van der Waals surface area contributed by atoms with Gasteiger partial charge in [0.25, 0.3) is 5.91 Å². The van der Waals surface area contributed by atoms with E-state index >= 15 is 0 Å². The number of carboxylic acid groups (broad SMARTS) is 1.